The number of thioether (sulfide) groups is 1. The van der Waals surface area contributed by atoms with Gasteiger partial charge in [0.25, 0.3) is 5.56 Å². The first kappa shape index (κ1) is 22.8. The zero-order valence-corrected chi connectivity index (χ0v) is 19.2. The van der Waals surface area contributed by atoms with Crippen LogP contribution in [0.1, 0.15) is 46.5 Å². The van der Waals surface area contributed by atoms with Crippen molar-refractivity contribution in [2.24, 2.45) is 5.92 Å². The SMILES string of the molecule is CCN(CC)CCn1c(SCC(=O)N[C@H]2CCCC[C@H]2C)nc2ccccc2c1=O. The molecule has 1 aliphatic carbocycles. The maximum absolute atomic E-state index is 13.1. The molecule has 2 aromatic rings. The third-order valence-corrected chi connectivity index (χ3v) is 7.13. The van der Waals surface area contributed by atoms with Gasteiger partial charge in [-0.05, 0) is 44.0 Å². The standard InChI is InChI=1S/C23H34N4O2S/c1-4-26(5-2)14-15-27-22(29)18-11-7-9-13-20(18)25-23(27)30-16-21(28)24-19-12-8-6-10-17(19)3/h7,9,11,13,17,19H,4-6,8,10,12,14-16H2,1-3H3,(H,24,28)/t17-,19+/m1/s1. The monoisotopic (exact) mass is 430 g/mol. The third kappa shape index (κ3) is 5.64. The number of hydrogen-bond donors (Lipinski definition) is 1. The number of hydrogen-bond acceptors (Lipinski definition) is 5. The van der Waals surface area contributed by atoms with E-state index in [0.717, 1.165) is 26.1 Å². The van der Waals surface area contributed by atoms with Crippen molar-refractivity contribution in [3.05, 3.63) is 34.6 Å². The van der Waals surface area contributed by atoms with Crippen LogP contribution in [0.2, 0.25) is 0 Å². The molecule has 0 radical (unpaired) electrons. The van der Waals surface area contributed by atoms with Crippen molar-refractivity contribution < 1.29 is 4.79 Å². The summed E-state index contributed by atoms with van der Waals surface area (Å²) >= 11 is 1.36. The number of para-hydroxylation sites is 1. The second-order valence-corrected chi connectivity index (χ2v) is 9.06. The Morgan fingerprint density at radius 3 is 2.70 bits per heavy atom. The number of fused-ring (bicyclic) bond motifs is 1. The fourth-order valence-electron chi connectivity index (χ4n) is 4.15. The van der Waals surface area contributed by atoms with Gasteiger partial charge >= 0.3 is 0 Å². The largest absolute Gasteiger partial charge is 0.352 e. The van der Waals surface area contributed by atoms with Gasteiger partial charge in [-0.3, -0.25) is 14.2 Å². The van der Waals surface area contributed by atoms with Crippen LogP contribution in [-0.2, 0) is 11.3 Å². The molecule has 1 saturated carbocycles. The fraction of sp³-hybridized carbons (Fsp3) is 0.609. The van der Waals surface area contributed by atoms with Gasteiger partial charge in [-0.1, -0.05) is 57.5 Å². The van der Waals surface area contributed by atoms with Gasteiger partial charge in [-0.15, -0.1) is 0 Å². The molecule has 6 nitrogen and oxygen atoms in total. The summed E-state index contributed by atoms with van der Waals surface area (Å²) in [6, 6.07) is 7.71. The van der Waals surface area contributed by atoms with Crippen LogP contribution < -0.4 is 10.9 Å². The molecule has 2 atom stereocenters. The Balaban J connectivity index is 1.76. The molecule has 0 unspecified atom stereocenters. The molecule has 1 aromatic carbocycles. The van der Waals surface area contributed by atoms with Crippen molar-refractivity contribution in [3.8, 4) is 0 Å². The van der Waals surface area contributed by atoms with Crippen LogP contribution in [0.15, 0.2) is 34.2 Å². The van der Waals surface area contributed by atoms with Gasteiger partial charge in [0.05, 0.1) is 16.7 Å². The van der Waals surface area contributed by atoms with Crippen LogP contribution in [0.5, 0.6) is 0 Å². The summed E-state index contributed by atoms with van der Waals surface area (Å²) in [5, 5.41) is 4.45. The number of benzene rings is 1. The summed E-state index contributed by atoms with van der Waals surface area (Å²) in [7, 11) is 0. The van der Waals surface area contributed by atoms with Crippen molar-refractivity contribution >= 4 is 28.6 Å². The van der Waals surface area contributed by atoms with Gasteiger partial charge in [0, 0.05) is 19.1 Å². The molecule has 1 heterocycles. The lowest BCUT2D eigenvalue weighted by atomic mass is 9.86. The van der Waals surface area contributed by atoms with Crippen LogP contribution in [0.25, 0.3) is 10.9 Å². The molecule has 30 heavy (non-hydrogen) atoms. The van der Waals surface area contributed by atoms with Crippen molar-refractivity contribution in [2.45, 2.75) is 64.2 Å². The number of nitrogens with zero attached hydrogens (tertiary/aromatic N) is 3. The summed E-state index contributed by atoms with van der Waals surface area (Å²) in [6.07, 6.45) is 4.66. The van der Waals surface area contributed by atoms with Crippen LogP contribution in [0.3, 0.4) is 0 Å². The minimum absolute atomic E-state index is 0.0245. The molecule has 0 spiro atoms. The van der Waals surface area contributed by atoms with E-state index < -0.39 is 0 Å². The zero-order valence-electron chi connectivity index (χ0n) is 18.4. The Morgan fingerprint density at radius 1 is 1.23 bits per heavy atom. The van der Waals surface area contributed by atoms with E-state index in [9.17, 15) is 9.59 Å². The van der Waals surface area contributed by atoms with Gasteiger partial charge in [0.15, 0.2) is 5.16 Å². The number of carbonyl (C=O) groups is 1. The van der Waals surface area contributed by atoms with E-state index in [-0.39, 0.29) is 23.3 Å². The average molecular weight is 431 g/mol. The summed E-state index contributed by atoms with van der Waals surface area (Å²) in [5.41, 5.74) is 0.655. The van der Waals surface area contributed by atoms with Gasteiger partial charge in [-0.25, -0.2) is 4.98 Å². The lowest BCUT2D eigenvalue weighted by Gasteiger charge is -2.29. The lowest BCUT2D eigenvalue weighted by Crippen LogP contribution is -2.42. The summed E-state index contributed by atoms with van der Waals surface area (Å²) in [5.74, 6) is 0.828. The first-order chi connectivity index (χ1) is 14.5. The average Bonchev–Trinajstić information content (AvgIpc) is 2.76. The minimum atomic E-state index is -0.0310. The Bertz CT molecular complexity index is 910. The Morgan fingerprint density at radius 2 is 1.97 bits per heavy atom. The number of likely N-dealkylation sites (N-methyl/N-ethyl adjacent to an activating group) is 1. The normalized spacial score (nSPS) is 19.3. The smallest absolute Gasteiger partial charge is 0.262 e. The van der Waals surface area contributed by atoms with E-state index in [1.807, 2.05) is 24.3 Å². The number of nitrogens with one attached hydrogen (secondary N) is 1. The van der Waals surface area contributed by atoms with E-state index in [2.05, 4.69) is 31.0 Å². The summed E-state index contributed by atoms with van der Waals surface area (Å²) in [6.45, 7) is 9.70. The van der Waals surface area contributed by atoms with Gasteiger partial charge in [0.1, 0.15) is 0 Å². The number of aromatic nitrogens is 2. The number of amides is 1. The lowest BCUT2D eigenvalue weighted by molar-refractivity contribution is -0.119. The van der Waals surface area contributed by atoms with Crippen LogP contribution >= 0.6 is 11.8 Å². The molecule has 164 valence electrons. The van der Waals surface area contributed by atoms with Gasteiger partial charge < -0.3 is 10.2 Å². The second-order valence-electron chi connectivity index (χ2n) is 8.12. The molecular formula is C23H34N4O2S. The first-order valence-electron chi connectivity index (χ1n) is 11.2. The maximum Gasteiger partial charge on any atom is 0.262 e. The van der Waals surface area contributed by atoms with Crippen molar-refractivity contribution in [2.75, 3.05) is 25.4 Å². The van der Waals surface area contributed by atoms with E-state index in [1.54, 1.807) is 4.57 Å². The molecule has 0 bridgehead atoms. The van der Waals surface area contributed by atoms with E-state index in [0.29, 0.717) is 28.5 Å². The van der Waals surface area contributed by atoms with E-state index >= 15 is 0 Å². The number of carbonyl (C=O) groups excluding carboxylic acids is 1. The minimum Gasteiger partial charge on any atom is -0.352 e. The molecule has 1 aromatic heterocycles. The summed E-state index contributed by atoms with van der Waals surface area (Å²) in [4.78, 5) is 32.7. The summed E-state index contributed by atoms with van der Waals surface area (Å²) < 4.78 is 1.74. The highest BCUT2D eigenvalue weighted by atomic mass is 32.2. The fourth-order valence-corrected chi connectivity index (χ4v) is 4.98. The molecule has 1 aliphatic rings. The molecule has 7 heteroatoms. The molecular weight excluding hydrogens is 396 g/mol. The van der Waals surface area contributed by atoms with Crippen LogP contribution in [0.4, 0.5) is 0 Å². The van der Waals surface area contributed by atoms with Crippen LogP contribution in [-0.4, -0.2) is 51.8 Å². The first-order valence-corrected chi connectivity index (χ1v) is 12.2. The Labute approximate surface area is 183 Å². The molecule has 1 amide bonds. The molecule has 1 N–H and O–H groups in total. The number of rotatable bonds is 9. The topological polar surface area (TPSA) is 67.2 Å². The predicted octanol–water partition coefficient (Wildman–Crippen LogP) is 3.53. The predicted molar refractivity (Wildman–Crippen MR) is 124 cm³/mol. The van der Waals surface area contributed by atoms with Crippen molar-refractivity contribution in [1.82, 2.24) is 19.8 Å². The molecule has 3 rings (SSSR count). The van der Waals surface area contributed by atoms with E-state index in [4.69, 9.17) is 4.98 Å². The van der Waals surface area contributed by atoms with Crippen LogP contribution in [0, 0.1) is 5.92 Å². The quantitative estimate of drug-likeness (QED) is 0.487. The highest BCUT2D eigenvalue weighted by Crippen LogP contribution is 2.24. The van der Waals surface area contributed by atoms with Crippen molar-refractivity contribution in [1.29, 1.82) is 0 Å². The molecule has 0 aliphatic heterocycles. The van der Waals surface area contributed by atoms with Gasteiger partial charge in [-0.2, -0.15) is 0 Å². The third-order valence-electron chi connectivity index (χ3n) is 6.15. The second kappa shape index (κ2) is 11.0. The zero-order chi connectivity index (χ0) is 21.5. The highest BCUT2D eigenvalue weighted by Gasteiger charge is 2.23. The maximum atomic E-state index is 13.1. The molecule has 0 saturated heterocycles. The van der Waals surface area contributed by atoms with Crippen molar-refractivity contribution in [3.63, 3.8) is 0 Å². The van der Waals surface area contributed by atoms with Gasteiger partial charge in [0.2, 0.25) is 5.91 Å². The Kier molecular flexibility index (Phi) is 8.33. The molecule has 1 fully saturated rings. The highest BCUT2D eigenvalue weighted by molar-refractivity contribution is 7.99. The Hall–Kier alpha value is -1.86. The van der Waals surface area contributed by atoms with E-state index in [1.165, 1.54) is 31.0 Å².